The first-order valence-corrected chi connectivity index (χ1v) is 10.5. The number of aromatic nitrogens is 5. The second-order valence-corrected chi connectivity index (χ2v) is 7.77. The summed E-state index contributed by atoms with van der Waals surface area (Å²) in [6, 6.07) is 14.7. The van der Waals surface area contributed by atoms with Gasteiger partial charge in [-0.25, -0.2) is 9.67 Å². The molecule has 33 heavy (non-hydrogen) atoms. The monoisotopic (exact) mass is 442 g/mol. The zero-order valence-corrected chi connectivity index (χ0v) is 18.4. The number of methoxy groups -OCH3 is 1. The van der Waals surface area contributed by atoms with Crippen LogP contribution in [0.25, 0.3) is 33.7 Å². The molecule has 4 heterocycles. The Morgan fingerprint density at radius 3 is 2.79 bits per heavy atom. The summed E-state index contributed by atoms with van der Waals surface area (Å²) in [5, 5.41) is 15.2. The predicted octanol–water partition coefficient (Wildman–Crippen LogP) is 4.92. The van der Waals surface area contributed by atoms with E-state index in [0.29, 0.717) is 39.6 Å². The molecule has 0 radical (unpaired) electrons. The number of hydrogen-bond acceptors (Lipinski definition) is 6. The molecule has 0 aliphatic carbocycles. The van der Waals surface area contributed by atoms with Gasteiger partial charge in [0.25, 0.3) is 5.91 Å². The van der Waals surface area contributed by atoms with Crippen LogP contribution in [-0.4, -0.2) is 38.0 Å². The molecule has 0 aliphatic rings. The summed E-state index contributed by atoms with van der Waals surface area (Å²) in [4.78, 5) is 18.0. The van der Waals surface area contributed by atoms with E-state index in [1.165, 1.54) is 0 Å². The summed E-state index contributed by atoms with van der Waals surface area (Å²) in [7, 11) is 1.61. The highest BCUT2D eigenvalue weighted by Crippen LogP contribution is 2.30. The van der Waals surface area contributed by atoms with Gasteiger partial charge in [-0.15, -0.1) is 0 Å². The van der Waals surface area contributed by atoms with Gasteiger partial charge in [-0.2, -0.15) is 10.2 Å². The molecule has 0 saturated heterocycles. The van der Waals surface area contributed by atoms with Crippen LogP contribution >= 0.6 is 0 Å². The molecule has 0 bridgehead atoms. The number of fused-ring (bicyclic) bond motifs is 1. The summed E-state index contributed by atoms with van der Waals surface area (Å²) in [6.07, 6.45) is 3.23. The third-order valence-corrected chi connectivity index (χ3v) is 5.29. The van der Waals surface area contributed by atoms with E-state index in [9.17, 15) is 4.79 Å². The van der Waals surface area contributed by atoms with E-state index in [0.717, 1.165) is 11.3 Å². The van der Waals surface area contributed by atoms with Crippen molar-refractivity contribution in [2.45, 2.75) is 19.9 Å². The Morgan fingerprint density at radius 2 is 2.03 bits per heavy atom. The SMILES string of the molecule is COc1ccccc1-c1cc(NC(=O)c2cc(-c3ccco3)nc3c2cnn3C(C)C)n[nH]1. The summed E-state index contributed by atoms with van der Waals surface area (Å²) in [5.74, 6) is 1.35. The number of benzene rings is 1. The van der Waals surface area contributed by atoms with Crippen LogP contribution in [-0.2, 0) is 0 Å². The van der Waals surface area contributed by atoms with E-state index in [1.807, 2.05) is 38.1 Å². The lowest BCUT2D eigenvalue weighted by Crippen LogP contribution is -2.13. The van der Waals surface area contributed by atoms with E-state index in [2.05, 4.69) is 20.6 Å². The van der Waals surface area contributed by atoms with Crippen molar-refractivity contribution >= 4 is 22.8 Å². The highest BCUT2D eigenvalue weighted by Gasteiger charge is 2.20. The maximum Gasteiger partial charge on any atom is 0.257 e. The number of carbonyl (C=O) groups is 1. The van der Waals surface area contributed by atoms with Gasteiger partial charge in [0.1, 0.15) is 11.4 Å². The Morgan fingerprint density at radius 1 is 1.18 bits per heavy atom. The number of pyridine rings is 1. The van der Waals surface area contributed by atoms with Crippen LogP contribution in [0.15, 0.2) is 65.4 Å². The van der Waals surface area contributed by atoms with Crippen molar-refractivity contribution < 1.29 is 13.9 Å². The minimum Gasteiger partial charge on any atom is -0.496 e. The molecular weight excluding hydrogens is 420 g/mol. The number of aromatic amines is 1. The molecule has 9 heteroatoms. The van der Waals surface area contributed by atoms with Crippen LogP contribution in [0.2, 0.25) is 0 Å². The standard InChI is InChI=1S/C24H22N6O3/c1-14(2)30-23-17(13-25-30)16(11-19(26-23)21-9-6-10-33-21)24(31)27-22-12-18(28-29-22)15-7-4-5-8-20(15)32-3/h4-14H,1-3H3,(H2,27,28,29,31). The Hall–Kier alpha value is -4.40. The molecule has 166 valence electrons. The Balaban J connectivity index is 1.52. The van der Waals surface area contributed by atoms with E-state index in [-0.39, 0.29) is 11.9 Å². The normalized spacial score (nSPS) is 11.3. The zero-order valence-electron chi connectivity index (χ0n) is 18.4. The van der Waals surface area contributed by atoms with Crippen LogP contribution in [0.5, 0.6) is 5.75 Å². The molecule has 0 aliphatic heterocycles. The van der Waals surface area contributed by atoms with Crippen molar-refractivity contribution in [1.82, 2.24) is 25.0 Å². The Bertz CT molecular complexity index is 1430. The smallest absolute Gasteiger partial charge is 0.257 e. The molecule has 4 aromatic heterocycles. The quantitative estimate of drug-likeness (QED) is 0.386. The maximum absolute atomic E-state index is 13.3. The third kappa shape index (κ3) is 3.73. The average molecular weight is 442 g/mol. The van der Waals surface area contributed by atoms with Gasteiger partial charge >= 0.3 is 0 Å². The van der Waals surface area contributed by atoms with Crippen LogP contribution < -0.4 is 10.1 Å². The molecule has 5 rings (SSSR count). The average Bonchev–Trinajstić information content (AvgIpc) is 3.58. The number of rotatable bonds is 6. The van der Waals surface area contributed by atoms with Crippen LogP contribution in [0.4, 0.5) is 5.82 Å². The van der Waals surface area contributed by atoms with Crippen molar-refractivity contribution in [1.29, 1.82) is 0 Å². The summed E-state index contributed by atoms with van der Waals surface area (Å²) in [6.45, 7) is 4.02. The fourth-order valence-electron chi connectivity index (χ4n) is 3.71. The summed E-state index contributed by atoms with van der Waals surface area (Å²) < 4.78 is 12.7. The maximum atomic E-state index is 13.3. The van der Waals surface area contributed by atoms with E-state index >= 15 is 0 Å². The summed E-state index contributed by atoms with van der Waals surface area (Å²) in [5.41, 5.74) is 3.17. The first-order valence-electron chi connectivity index (χ1n) is 10.5. The number of ether oxygens (including phenoxy) is 1. The number of nitrogens with one attached hydrogen (secondary N) is 2. The van der Waals surface area contributed by atoms with Gasteiger partial charge in [0, 0.05) is 17.7 Å². The van der Waals surface area contributed by atoms with Crippen molar-refractivity contribution in [3.63, 3.8) is 0 Å². The third-order valence-electron chi connectivity index (χ3n) is 5.29. The first-order chi connectivity index (χ1) is 16.0. The molecular formula is C24H22N6O3. The minimum absolute atomic E-state index is 0.0764. The van der Waals surface area contributed by atoms with Gasteiger partial charge in [-0.3, -0.25) is 9.89 Å². The fraction of sp³-hybridized carbons (Fsp3) is 0.167. The fourth-order valence-corrected chi connectivity index (χ4v) is 3.71. The number of H-pyrrole nitrogens is 1. The van der Waals surface area contributed by atoms with Crippen molar-refractivity contribution in [2.75, 3.05) is 12.4 Å². The number of anilines is 1. The second kappa shape index (κ2) is 8.27. The van der Waals surface area contributed by atoms with Crippen LogP contribution in [0.1, 0.15) is 30.2 Å². The molecule has 0 fully saturated rings. The molecule has 0 unspecified atom stereocenters. The molecule has 2 N–H and O–H groups in total. The zero-order chi connectivity index (χ0) is 22.9. The van der Waals surface area contributed by atoms with E-state index in [1.54, 1.807) is 48.5 Å². The number of nitrogens with zero attached hydrogens (tertiary/aromatic N) is 4. The number of hydrogen-bond donors (Lipinski definition) is 2. The Labute approximate surface area is 189 Å². The Kier molecular flexibility index (Phi) is 5.14. The highest BCUT2D eigenvalue weighted by atomic mass is 16.5. The van der Waals surface area contributed by atoms with Gasteiger partial charge in [-0.05, 0) is 44.2 Å². The molecule has 0 atom stereocenters. The minimum atomic E-state index is -0.323. The van der Waals surface area contributed by atoms with Gasteiger partial charge in [0.15, 0.2) is 17.2 Å². The van der Waals surface area contributed by atoms with Gasteiger partial charge in [0.2, 0.25) is 0 Å². The first kappa shape index (κ1) is 20.5. The molecule has 0 saturated carbocycles. The van der Waals surface area contributed by atoms with Crippen molar-refractivity contribution in [3.8, 4) is 28.5 Å². The van der Waals surface area contributed by atoms with Gasteiger partial charge in [0.05, 0.1) is 36.2 Å². The van der Waals surface area contributed by atoms with Crippen LogP contribution in [0.3, 0.4) is 0 Å². The predicted molar refractivity (Wildman–Crippen MR) is 124 cm³/mol. The van der Waals surface area contributed by atoms with Crippen molar-refractivity contribution in [2.24, 2.45) is 0 Å². The second-order valence-electron chi connectivity index (χ2n) is 7.77. The summed E-state index contributed by atoms with van der Waals surface area (Å²) >= 11 is 0. The lowest BCUT2D eigenvalue weighted by molar-refractivity contribution is 0.102. The molecule has 0 spiro atoms. The van der Waals surface area contributed by atoms with Gasteiger partial charge in [-0.1, -0.05) is 12.1 Å². The van der Waals surface area contributed by atoms with Crippen molar-refractivity contribution in [3.05, 3.63) is 66.6 Å². The molecule has 9 nitrogen and oxygen atoms in total. The number of furan rings is 1. The number of amides is 1. The number of carbonyl (C=O) groups excluding carboxylic acids is 1. The number of para-hydroxylation sites is 1. The highest BCUT2D eigenvalue weighted by molar-refractivity contribution is 6.12. The van der Waals surface area contributed by atoms with E-state index in [4.69, 9.17) is 14.1 Å². The lowest BCUT2D eigenvalue weighted by atomic mass is 10.1. The molecule has 1 aromatic carbocycles. The molecule has 1 amide bonds. The van der Waals surface area contributed by atoms with E-state index < -0.39 is 0 Å². The molecule has 5 aromatic rings. The van der Waals surface area contributed by atoms with Crippen LogP contribution in [0, 0.1) is 0 Å². The largest absolute Gasteiger partial charge is 0.496 e. The topological polar surface area (TPSA) is 111 Å². The van der Waals surface area contributed by atoms with Gasteiger partial charge < -0.3 is 14.5 Å². The lowest BCUT2D eigenvalue weighted by Gasteiger charge is -2.09.